The number of aromatic nitrogens is 1. The van der Waals surface area contributed by atoms with Crippen LogP contribution in [-0.4, -0.2) is 22.1 Å². The minimum Gasteiger partial charge on any atom is -0.480 e. The van der Waals surface area contributed by atoms with E-state index in [0.29, 0.717) is 18.8 Å². The Morgan fingerprint density at radius 2 is 1.92 bits per heavy atom. The second kappa shape index (κ2) is 8.62. The summed E-state index contributed by atoms with van der Waals surface area (Å²) in [6.45, 7) is 6.80. The number of rotatable bonds is 8. The molecule has 0 amide bonds. The van der Waals surface area contributed by atoms with Crippen molar-refractivity contribution in [3.05, 3.63) is 54.2 Å². The van der Waals surface area contributed by atoms with Gasteiger partial charge in [-0.05, 0) is 36.0 Å². The van der Waals surface area contributed by atoms with E-state index in [1.54, 1.807) is 12.3 Å². The zero-order valence-electron chi connectivity index (χ0n) is 15.0. The number of carboxylic acids is 1. The SMILES string of the molecule is CC(C)(C)CCC(NCc1ccc(Oc2ccccc2)nc1)C(=O)O. The molecule has 5 nitrogen and oxygen atoms in total. The Morgan fingerprint density at radius 1 is 1.20 bits per heavy atom. The summed E-state index contributed by atoms with van der Waals surface area (Å²) in [6, 6.07) is 12.6. The van der Waals surface area contributed by atoms with Crippen LogP contribution in [0.3, 0.4) is 0 Å². The molecule has 25 heavy (non-hydrogen) atoms. The summed E-state index contributed by atoms with van der Waals surface area (Å²) in [5, 5.41) is 12.5. The van der Waals surface area contributed by atoms with Crippen LogP contribution in [-0.2, 0) is 11.3 Å². The van der Waals surface area contributed by atoms with Crippen LogP contribution >= 0.6 is 0 Å². The van der Waals surface area contributed by atoms with Crippen LogP contribution in [0.15, 0.2) is 48.7 Å². The first-order valence-corrected chi connectivity index (χ1v) is 8.47. The maximum absolute atomic E-state index is 11.4. The molecule has 0 saturated heterocycles. The smallest absolute Gasteiger partial charge is 0.320 e. The lowest BCUT2D eigenvalue weighted by atomic mass is 9.88. The summed E-state index contributed by atoms with van der Waals surface area (Å²) < 4.78 is 5.65. The fraction of sp³-hybridized carbons (Fsp3) is 0.400. The number of pyridine rings is 1. The molecule has 2 rings (SSSR count). The molecule has 1 aromatic carbocycles. The lowest BCUT2D eigenvalue weighted by Gasteiger charge is -2.21. The van der Waals surface area contributed by atoms with Gasteiger partial charge in [-0.15, -0.1) is 0 Å². The first-order chi connectivity index (χ1) is 11.8. The van der Waals surface area contributed by atoms with Gasteiger partial charge in [-0.1, -0.05) is 45.0 Å². The van der Waals surface area contributed by atoms with Crippen molar-refractivity contribution in [1.29, 1.82) is 0 Å². The number of aliphatic carboxylic acids is 1. The predicted molar refractivity (Wildman–Crippen MR) is 97.7 cm³/mol. The lowest BCUT2D eigenvalue weighted by molar-refractivity contribution is -0.139. The Hall–Kier alpha value is -2.40. The van der Waals surface area contributed by atoms with Crippen molar-refractivity contribution >= 4 is 5.97 Å². The van der Waals surface area contributed by atoms with E-state index in [4.69, 9.17) is 4.74 Å². The van der Waals surface area contributed by atoms with Gasteiger partial charge in [0.1, 0.15) is 11.8 Å². The summed E-state index contributed by atoms with van der Waals surface area (Å²) in [6.07, 6.45) is 3.15. The zero-order chi connectivity index (χ0) is 18.3. The van der Waals surface area contributed by atoms with Crippen molar-refractivity contribution in [3.63, 3.8) is 0 Å². The number of carboxylic acid groups (broad SMARTS) is 1. The summed E-state index contributed by atoms with van der Waals surface area (Å²) in [4.78, 5) is 15.7. The maximum Gasteiger partial charge on any atom is 0.320 e. The third-order valence-electron chi connectivity index (χ3n) is 3.80. The number of nitrogens with one attached hydrogen (secondary N) is 1. The van der Waals surface area contributed by atoms with E-state index in [9.17, 15) is 9.90 Å². The molecule has 134 valence electrons. The number of para-hydroxylation sites is 1. The summed E-state index contributed by atoms with van der Waals surface area (Å²) >= 11 is 0. The van der Waals surface area contributed by atoms with Gasteiger partial charge in [0.05, 0.1) is 0 Å². The molecular formula is C20H26N2O3. The standard InChI is InChI=1S/C20H26N2O3/c1-20(2,3)12-11-17(19(23)24)21-13-15-9-10-18(22-14-15)25-16-7-5-4-6-8-16/h4-10,14,17,21H,11-13H2,1-3H3,(H,23,24). The van der Waals surface area contributed by atoms with Crippen molar-refractivity contribution in [2.45, 2.75) is 46.2 Å². The third-order valence-corrected chi connectivity index (χ3v) is 3.80. The number of carbonyl (C=O) groups is 1. The normalized spacial score (nSPS) is 12.6. The fourth-order valence-electron chi connectivity index (χ4n) is 2.32. The average molecular weight is 342 g/mol. The summed E-state index contributed by atoms with van der Waals surface area (Å²) in [5.74, 6) is 0.424. The van der Waals surface area contributed by atoms with E-state index in [0.717, 1.165) is 17.7 Å². The topological polar surface area (TPSA) is 71.5 Å². The number of nitrogens with zero attached hydrogens (tertiary/aromatic N) is 1. The highest BCUT2D eigenvalue weighted by molar-refractivity contribution is 5.73. The molecule has 5 heteroatoms. The number of ether oxygens (including phenoxy) is 1. The average Bonchev–Trinajstić information content (AvgIpc) is 2.56. The van der Waals surface area contributed by atoms with Crippen molar-refractivity contribution < 1.29 is 14.6 Å². The van der Waals surface area contributed by atoms with Crippen molar-refractivity contribution in [1.82, 2.24) is 10.3 Å². The third kappa shape index (κ3) is 6.93. The minimum absolute atomic E-state index is 0.118. The van der Waals surface area contributed by atoms with Gasteiger partial charge in [0.15, 0.2) is 0 Å². The molecule has 0 aliphatic heterocycles. The van der Waals surface area contributed by atoms with E-state index in [2.05, 4.69) is 31.1 Å². The van der Waals surface area contributed by atoms with Crippen LogP contribution < -0.4 is 10.1 Å². The highest BCUT2D eigenvalue weighted by atomic mass is 16.5. The second-order valence-corrected chi connectivity index (χ2v) is 7.29. The van der Waals surface area contributed by atoms with Crippen LogP contribution in [0.4, 0.5) is 0 Å². The molecule has 0 saturated carbocycles. The molecule has 1 heterocycles. The molecule has 2 N–H and O–H groups in total. The monoisotopic (exact) mass is 342 g/mol. The van der Waals surface area contributed by atoms with Gasteiger partial charge in [0.25, 0.3) is 0 Å². The fourth-order valence-corrected chi connectivity index (χ4v) is 2.32. The number of hydrogen-bond acceptors (Lipinski definition) is 4. The minimum atomic E-state index is -0.818. The second-order valence-electron chi connectivity index (χ2n) is 7.29. The molecule has 2 aromatic rings. The van der Waals surface area contributed by atoms with Gasteiger partial charge in [-0.25, -0.2) is 4.98 Å². The van der Waals surface area contributed by atoms with Gasteiger partial charge in [0.2, 0.25) is 5.88 Å². The molecule has 0 aliphatic rings. The van der Waals surface area contributed by atoms with Gasteiger partial charge < -0.3 is 15.2 Å². The van der Waals surface area contributed by atoms with E-state index in [1.807, 2.05) is 36.4 Å². The molecule has 0 aliphatic carbocycles. The lowest BCUT2D eigenvalue weighted by Crippen LogP contribution is -2.37. The first kappa shape index (κ1) is 18.9. The van der Waals surface area contributed by atoms with E-state index < -0.39 is 12.0 Å². The summed E-state index contributed by atoms with van der Waals surface area (Å²) in [5.41, 5.74) is 1.04. The van der Waals surface area contributed by atoms with Gasteiger partial charge in [-0.3, -0.25) is 4.79 Å². The Labute approximate surface area is 149 Å². The van der Waals surface area contributed by atoms with Crippen LogP contribution in [0.2, 0.25) is 0 Å². The maximum atomic E-state index is 11.4. The molecule has 1 atom stereocenters. The molecule has 1 aromatic heterocycles. The van der Waals surface area contributed by atoms with Gasteiger partial charge in [0, 0.05) is 18.8 Å². The first-order valence-electron chi connectivity index (χ1n) is 8.47. The molecular weight excluding hydrogens is 316 g/mol. The Kier molecular flexibility index (Phi) is 6.53. The largest absolute Gasteiger partial charge is 0.480 e. The molecule has 0 spiro atoms. The Bertz CT molecular complexity index is 664. The van der Waals surface area contributed by atoms with Crippen LogP contribution in [0.5, 0.6) is 11.6 Å². The Morgan fingerprint density at radius 3 is 2.48 bits per heavy atom. The highest BCUT2D eigenvalue weighted by Gasteiger charge is 2.20. The van der Waals surface area contributed by atoms with Crippen LogP contribution in [0, 0.1) is 5.41 Å². The highest BCUT2D eigenvalue weighted by Crippen LogP contribution is 2.22. The predicted octanol–water partition coefficient (Wildman–Crippen LogP) is 4.24. The van der Waals surface area contributed by atoms with E-state index >= 15 is 0 Å². The van der Waals surface area contributed by atoms with Crippen molar-refractivity contribution in [3.8, 4) is 11.6 Å². The van der Waals surface area contributed by atoms with Gasteiger partial charge >= 0.3 is 5.97 Å². The van der Waals surface area contributed by atoms with Crippen molar-refractivity contribution in [2.75, 3.05) is 0 Å². The van der Waals surface area contributed by atoms with Gasteiger partial charge in [-0.2, -0.15) is 0 Å². The van der Waals surface area contributed by atoms with E-state index in [1.165, 1.54) is 0 Å². The van der Waals surface area contributed by atoms with Crippen molar-refractivity contribution in [2.24, 2.45) is 5.41 Å². The number of hydrogen-bond donors (Lipinski definition) is 2. The molecule has 0 bridgehead atoms. The van der Waals surface area contributed by atoms with E-state index in [-0.39, 0.29) is 5.41 Å². The quantitative estimate of drug-likeness (QED) is 0.750. The zero-order valence-corrected chi connectivity index (χ0v) is 15.0. The Balaban J connectivity index is 1.88. The molecule has 0 fully saturated rings. The van der Waals surface area contributed by atoms with Crippen LogP contribution in [0.1, 0.15) is 39.2 Å². The summed E-state index contributed by atoms with van der Waals surface area (Å²) in [7, 11) is 0. The molecule has 1 unspecified atom stereocenters. The number of benzene rings is 1. The van der Waals surface area contributed by atoms with Crippen LogP contribution in [0.25, 0.3) is 0 Å². The molecule has 0 radical (unpaired) electrons.